The third-order valence-corrected chi connectivity index (χ3v) is 3.50. The highest BCUT2D eigenvalue weighted by Crippen LogP contribution is 2.13. The lowest BCUT2D eigenvalue weighted by Crippen LogP contribution is -2.34. The molecule has 22 heavy (non-hydrogen) atoms. The first-order valence-corrected chi connectivity index (χ1v) is 7.67. The summed E-state index contributed by atoms with van der Waals surface area (Å²) < 4.78 is 2.54. The third kappa shape index (κ3) is 4.17. The van der Waals surface area contributed by atoms with Crippen molar-refractivity contribution in [2.45, 2.75) is 20.4 Å². The van der Waals surface area contributed by atoms with Gasteiger partial charge in [-0.3, -0.25) is 14.3 Å². The Morgan fingerprint density at radius 3 is 2.59 bits per heavy atom. The summed E-state index contributed by atoms with van der Waals surface area (Å²) in [6, 6.07) is 8.91. The molecule has 0 aliphatic heterocycles. The molecule has 1 heterocycles. The highest BCUT2D eigenvalue weighted by Gasteiger charge is 2.14. The Morgan fingerprint density at radius 1 is 1.27 bits per heavy atom. The predicted octanol–water partition coefficient (Wildman–Crippen LogP) is 2.34. The van der Waals surface area contributed by atoms with Crippen molar-refractivity contribution in [2.24, 2.45) is 0 Å². The van der Waals surface area contributed by atoms with Crippen LogP contribution in [-0.2, 0) is 11.3 Å². The highest BCUT2D eigenvalue weighted by atomic mass is 79.9. The minimum atomic E-state index is -0.312. The summed E-state index contributed by atoms with van der Waals surface area (Å²) in [5.74, 6) is -0.594. The predicted molar refractivity (Wildman–Crippen MR) is 87.7 cm³/mol. The average Bonchev–Trinajstić information content (AvgIpc) is 2.88. The Hall–Kier alpha value is -2.15. The molecule has 0 fully saturated rings. The van der Waals surface area contributed by atoms with Gasteiger partial charge in [0.2, 0.25) is 5.91 Å². The second-order valence-electron chi connectivity index (χ2n) is 4.72. The van der Waals surface area contributed by atoms with E-state index in [-0.39, 0.29) is 18.4 Å². The van der Waals surface area contributed by atoms with Gasteiger partial charge in [0, 0.05) is 16.7 Å². The van der Waals surface area contributed by atoms with Crippen molar-refractivity contribution in [3.05, 3.63) is 46.2 Å². The van der Waals surface area contributed by atoms with Crippen LogP contribution in [0.4, 0.5) is 5.69 Å². The molecule has 1 aromatic carbocycles. The maximum absolute atomic E-state index is 12.1. The Morgan fingerprint density at radius 2 is 1.95 bits per heavy atom. The molecule has 1 aromatic heterocycles. The van der Waals surface area contributed by atoms with Crippen LogP contribution in [0.2, 0.25) is 0 Å². The molecular formula is C15H17BrN4O2. The Balaban J connectivity index is 1.90. The van der Waals surface area contributed by atoms with Gasteiger partial charge in [0.05, 0.1) is 12.2 Å². The van der Waals surface area contributed by atoms with E-state index in [1.54, 1.807) is 22.9 Å². The van der Waals surface area contributed by atoms with Crippen molar-refractivity contribution in [3.63, 3.8) is 0 Å². The van der Waals surface area contributed by atoms with Crippen LogP contribution in [0.1, 0.15) is 23.1 Å². The number of aromatic nitrogens is 2. The number of benzene rings is 1. The standard InChI is InChI=1S/C15H17BrN4O2/c1-3-20-13(8-10(2)19-20)15(22)17-9-14(21)18-12-6-4-11(16)5-7-12/h4-8H,3,9H2,1-2H3,(H,17,22)(H,18,21). The molecule has 2 N–H and O–H groups in total. The fourth-order valence-corrected chi connectivity index (χ4v) is 2.22. The van der Waals surface area contributed by atoms with Crippen molar-refractivity contribution in [1.29, 1.82) is 0 Å². The number of aryl methyl sites for hydroxylation is 2. The quantitative estimate of drug-likeness (QED) is 0.854. The molecule has 0 saturated carbocycles. The summed E-state index contributed by atoms with van der Waals surface area (Å²) in [7, 11) is 0. The number of rotatable bonds is 5. The normalized spacial score (nSPS) is 10.3. The lowest BCUT2D eigenvalue weighted by molar-refractivity contribution is -0.115. The molecule has 2 aromatic rings. The van der Waals surface area contributed by atoms with Gasteiger partial charge in [-0.1, -0.05) is 15.9 Å². The Bertz CT molecular complexity index is 679. The highest BCUT2D eigenvalue weighted by molar-refractivity contribution is 9.10. The molecule has 0 aliphatic rings. The molecule has 2 amide bonds. The molecule has 0 atom stereocenters. The van der Waals surface area contributed by atoms with E-state index >= 15 is 0 Å². The zero-order chi connectivity index (χ0) is 16.1. The van der Waals surface area contributed by atoms with E-state index in [0.29, 0.717) is 17.9 Å². The van der Waals surface area contributed by atoms with E-state index in [0.717, 1.165) is 10.2 Å². The molecule has 0 radical (unpaired) electrons. The summed E-state index contributed by atoms with van der Waals surface area (Å²) in [4.78, 5) is 23.9. The van der Waals surface area contributed by atoms with Crippen LogP contribution in [0.3, 0.4) is 0 Å². The Labute approximate surface area is 137 Å². The number of hydrogen-bond donors (Lipinski definition) is 2. The third-order valence-electron chi connectivity index (χ3n) is 2.97. The molecule has 116 valence electrons. The lowest BCUT2D eigenvalue weighted by Gasteiger charge is -2.08. The van der Waals surface area contributed by atoms with Crippen molar-refractivity contribution in [1.82, 2.24) is 15.1 Å². The maximum Gasteiger partial charge on any atom is 0.269 e. The van der Waals surface area contributed by atoms with Crippen molar-refractivity contribution in [3.8, 4) is 0 Å². The van der Waals surface area contributed by atoms with Crippen LogP contribution in [0.25, 0.3) is 0 Å². The van der Waals surface area contributed by atoms with E-state index < -0.39 is 0 Å². The molecule has 0 saturated heterocycles. The topological polar surface area (TPSA) is 76.0 Å². The van der Waals surface area contributed by atoms with Gasteiger partial charge < -0.3 is 10.6 Å². The molecule has 0 spiro atoms. The van der Waals surface area contributed by atoms with Crippen molar-refractivity contribution >= 4 is 33.4 Å². The van der Waals surface area contributed by atoms with Gasteiger partial charge >= 0.3 is 0 Å². The first-order valence-electron chi connectivity index (χ1n) is 6.87. The smallest absolute Gasteiger partial charge is 0.269 e. The number of carbonyl (C=O) groups is 2. The fourth-order valence-electron chi connectivity index (χ4n) is 1.96. The van der Waals surface area contributed by atoms with Crippen LogP contribution in [0, 0.1) is 6.92 Å². The van der Waals surface area contributed by atoms with E-state index in [2.05, 4.69) is 31.7 Å². The average molecular weight is 365 g/mol. The molecular weight excluding hydrogens is 348 g/mol. The summed E-state index contributed by atoms with van der Waals surface area (Å²) in [5.41, 5.74) is 1.90. The van der Waals surface area contributed by atoms with Gasteiger partial charge in [0.25, 0.3) is 5.91 Å². The van der Waals surface area contributed by atoms with Crippen LogP contribution < -0.4 is 10.6 Å². The second-order valence-corrected chi connectivity index (χ2v) is 5.64. The van der Waals surface area contributed by atoms with Gasteiger partial charge in [-0.25, -0.2) is 0 Å². The number of nitrogens with one attached hydrogen (secondary N) is 2. The van der Waals surface area contributed by atoms with Crippen LogP contribution >= 0.6 is 15.9 Å². The first kappa shape index (κ1) is 16.2. The molecule has 7 heteroatoms. The van der Waals surface area contributed by atoms with E-state index in [1.807, 2.05) is 26.0 Å². The number of amides is 2. The molecule has 6 nitrogen and oxygen atoms in total. The summed E-state index contributed by atoms with van der Waals surface area (Å²) in [5, 5.41) is 9.51. The van der Waals surface area contributed by atoms with Gasteiger partial charge in [-0.15, -0.1) is 0 Å². The number of anilines is 1. The number of nitrogens with zero attached hydrogens (tertiary/aromatic N) is 2. The first-order chi connectivity index (χ1) is 10.5. The van der Waals surface area contributed by atoms with Crippen LogP contribution in [0.15, 0.2) is 34.8 Å². The van der Waals surface area contributed by atoms with Gasteiger partial charge in [-0.2, -0.15) is 5.10 Å². The van der Waals surface area contributed by atoms with Gasteiger partial charge in [-0.05, 0) is 44.2 Å². The van der Waals surface area contributed by atoms with Gasteiger partial charge in [0.15, 0.2) is 0 Å². The molecule has 0 aliphatic carbocycles. The maximum atomic E-state index is 12.1. The second kappa shape index (κ2) is 7.22. The summed E-state index contributed by atoms with van der Waals surface area (Å²) in [6.45, 7) is 4.23. The minimum Gasteiger partial charge on any atom is -0.342 e. The number of hydrogen-bond acceptors (Lipinski definition) is 3. The zero-order valence-electron chi connectivity index (χ0n) is 12.4. The monoisotopic (exact) mass is 364 g/mol. The van der Waals surface area contributed by atoms with E-state index in [4.69, 9.17) is 0 Å². The Kier molecular flexibility index (Phi) is 5.32. The summed E-state index contributed by atoms with van der Waals surface area (Å²) >= 11 is 3.32. The van der Waals surface area contributed by atoms with Crippen LogP contribution in [0.5, 0.6) is 0 Å². The van der Waals surface area contributed by atoms with Crippen molar-refractivity contribution < 1.29 is 9.59 Å². The largest absolute Gasteiger partial charge is 0.342 e. The molecule has 0 bridgehead atoms. The lowest BCUT2D eigenvalue weighted by atomic mass is 10.3. The number of carbonyl (C=O) groups excluding carboxylic acids is 2. The molecule has 0 unspecified atom stereocenters. The van der Waals surface area contributed by atoms with Gasteiger partial charge in [0.1, 0.15) is 5.69 Å². The summed E-state index contributed by atoms with van der Waals surface area (Å²) in [6.07, 6.45) is 0. The van der Waals surface area contributed by atoms with E-state index in [9.17, 15) is 9.59 Å². The minimum absolute atomic E-state index is 0.0944. The fraction of sp³-hybridized carbons (Fsp3) is 0.267. The molecule has 2 rings (SSSR count). The zero-order valence-corrected chi connectivity index (χ0v) is 14.0. The van der Waals surface area contributed by atoms with E-state index in [1.165, 1.54) is 0 Å². The number of halogens is 1. The van der Waals surface area contributed by atoms with Crippen LogP contribution in [-0.4, -0.2) is 28.1 Å². The van der Waals surface area contributed by atoms with Crippen molar-refractivity contribution in [2.75, 3.05) is 11.9 Å². The SMILES string of the molecule is CCn1nc(C)cc1C(=O)NCC(=O)Nc1ccc(Br)cc1.